The number of carbonyl (C=O) groups is 1. The summed E-state index contributed by atoms with van der Waals surface area (Å²) in [5.41, 5.74) is 0. The van der Waals surface area contributed by atoms with Crippen LogP contribution >= 0.6 is 0 Å². The molecule has 0 aromatic carbocycles. The van der Waals surface area contributed by atoms with Crippen molar-refractivity contribution in [2.75, 3.05) is 0 Å². The van der Waals surface area contributed by atoms with E-state index in [4.69, 9.17) is 4.74 Å². The minimum Gasteiger partial charge on any atom is -0.463 e. The van der Waals surface area contributed by atoms with Gasteiger partial charge in [-0.05, 0) is 39.5 Å². The number of allylic oxidation sites excluding steroid dienone is 2. The molecule has 0 aliphatic heterocycles. The minimum atomic E-state index is -0.0477. The zero-order valence-electron chi connectivity index (χ0n) is 11.0. The molecule has 94 valence electrons. The first-order chi connectivity index (χ1) is 7.70. The van der Waals surface area contributed by atoms with Gasteiger partial charge in [-0.2, -0.15) is 0 Å². The van der Waals surface area contributed by atoms with Crippen molar-refractivity contribution in [1.82, 2.24) is 0 Å². The lowest BCUT2D eigenvalue weighted by atomic mass is 10.1. The van der Waals surface area contributed by atoms with E-state index in [1.54, 1.807) is 0 Å². The molecule has 0 aromatic rings. The highest BCUT2D eigenvalue weighted by Crippen LogP contribution is 2.08. The number of rotatable bonds is 9. The van der Waals surface area contributed by atoms with Crippen LogP contribution in [0.5, 0.6) is 0 Å². The van der Waals surface area contributed by atoms with Crippen LogP contribution in [0, 0.1) is 0 Å². The van der Waals surface area contributed by atoms with Crippen molar-refractivity contribution in [1.29, 1.82) is 0 Å². The third-order valence-electron chi connectivity index (χ3n) is 2.53. The van der Waals surface area contributed by atoms with Gasteiger partial charge in [0.25, 0.3) is 0 Å². The molecule has 0 saturated heterocycles. The van der Waals surface area contributed by atoms with Gasteiger partial charge in [0.05, 0.1) is 6.10 Å². The molecule has 0 aliphatic rings. The Morgan fingerprint density at radius 3 is 2.69 bits per heavy atom. The van der Waals surface area contributed by atoms with Crippen LogP contribution in [0.1, 0.15) is 65.7 Å². The van der Waals surface area contributed by atoms with Crippen LogP contribution in [-0.4, -0.2) is 12.1 Å². The molecule has 2 nitrogen and oxygen atoms in total. The topological polar surface area (TPSA) is 26.3 Å². The van der Waals surface area contributed by atoms with Gasteiger partial charge in [0.15, 0.2) is 0 Å². The molecule has 0 heterocycles. The number of ether oxygens (including phenoxy) is 1. The Labute approximate surface area is 100 Å². The van der Waals surface area contributed by atoms with Gasteiger partial charge in [-0.3, -0.25) is 4.79 Å². The van der Waals surface area contributed by atoms with E-state index in [0.29, 0.717) is 6.42 Å². The highest BCUT2D eigenvalue weighted by Gasteiger charge is 2.08. The summed E-state index contributed by atoms with van der Waals surface area (Å²) in [6, 6.07) is 0. The van der Waals surface area contributed by atoms with Crippen molar-refractivity contribution in [3.8, 4) is 0 Å². The van der Waals surface area contributed by atoms with E-state index in [1.165, 1.54) is 12.8 Å². The van der Waals surface area contributed by atoms with Gasteiger partial charge in [0.1, 0.15) is 0 Å². The maximum Gasteiger partial charge on any atom is 0.306 e. The minimum absolute atomic E-state index is 0.0477. The molecule has 1 unspecified atom stereocenters. The molecule has 0 bridgehead atoms. The van der Waals surface area contributed by atoms with Crippen LogP contribution in [0.3, 0.4) is 0 Å². The third-order valence-corrected chi connectivity index (χ3v) is 2.53. The molecule has 0 fully saturated rings. The van der Waals surface area contributed by atoms with E-state index >= 15 is 0 Å². The lowest BCUT2D eigenvalue weighted by Crippen LogP contribution is -2.14. The molecule has 0 amide bonds. The smallest absolute Gasteiger partial charge is 0.306 e. The van der Waals surface area contributed by atoms with Crippen molar-refractivity contribution >= 4 is 5.97 Å². The highest BCUT2D eigenvalue weighted by atomic mass is 16.5. The monoisotopic (exact) mass is 226 g/mol. The molecule has 0 saturated carbocycles. The Morgan fingerprint density at radius 2 is 2.06 bits per heavy atom. The molecule has 0 aromatic heterocycles. The predicted molar refractivity (Wildman–Crippen MR) is 68.4 cm³/mol. The standard InChI is InChI=1S/C14H26O2/c1-4-6-8-10-12-14(15)16-13(3)11-9-7-5-2/h4,6,13H,5,7-12H2,1-3H3. The fraction of sp³-hybridized carbons (Fsp3) is 0.786. The van der Waals surface area contributed by atoms with E-state index in [-0.39, 0.29) is 12.1 Å². The van der Waals surface area contributed by atoms with E-state index in [2.05, 4.69) is 13.0 Å². The SMILES string of the molecule is CC=CCCCC(=O)OC(C)CCCCC. The van der Waals surface area contributed by atoms with Crippen LogP contribution in [0.2, 0.25) is 0 Å². The molecule has 0 radical (unpaired) electrons. The van der Waals surface area contributed by atoms with Gasteiger partial charge in [0.2, 0.25) is 0 Å². The van der Waals surface area contributed by atoms with Crippen LogP contribution in [0.25, 0.3) is 0 Å². The quantitative estimate of drug-likeness (QED) is 0.334. The van der Waals surface area contributed by atoms with Gasteiger partial charge in [0, 0.05) is 6.42 Å². The van der Waals surface area contributed by atoms with E-state index < -0.39 is 0 Å². The molecule has 0 N–H and O–H groups in total. The molecule has 16 heavy (non-hydrogen) atoms. The first-order valence-corrected chi connectivity index (χ1v) is 6.51. The highest BCUT2D eigenvalue weighted by molar-refractivity contribution is 5.69. The number of esters is 1. The van der Waals surface area contributed by atoms with Gasteiger partial charge in [-0.15, -0.1) is 0 Å². The fourth-order valence-corrected chi connectivity index (χ4v) is 1.55. The summed E-state index contributed by atoms with van der Waals surface area (Å²) in [4.78, 5) is 11.4. The normalized spacial score (nSPS) is 12.9. The van der Waals surface area contributed by atoms with Crippen molar-refractivity contribution in [3.63, 3.8) is 0 Å². The molecule has 0 rings (SSSR count). The molecule has 1 atom stereocenters. The number of unbranched alkanes of at least 4 members (excludes halogenated alkanes) is 3. The molecule has 2 heteroatoms. The van der Waals surface area contributed by atoms with Crippen molar-refractivity contribution < 1.29 is 9.53 Å². The maximum atomic E-state index is 11.4. The Kier molecular flexibility index (Phi) is 10.2. The van der Waals surface area contributed by atoms with E-state index in [1.807, 2.05) is 19.9 Å². The van der Waals surface area contributed by atoms with Gasteiger partial charge in [-0.25, -0.2) is 0 Å². The summed E-state index contributed by atoms with van der Waals surface area (Å²) in [5.74, 6) is -0.0477. The summed E-state index contributed by atoms with van der Waals surface area (Å²) in [5, 5.41) is 0. The predicted octanol–water partition coefficient (Wildman–Crippen LogP) is 4.24. The average Bonchev–Trinajstić information content (AvgIpc) is 2.25. The lowest BCUT2D eigenvalue weighted by molar-refractivity contribution is -0.148. The number of hydrogen-bond donors (Lipinski definition) is 0. The summed E-state index contributed by atoms with van der Waals surface area (Å²) >= 11 is 0. The second-order valence-corrected chi connectivity index (χ2v) is 4.26. The van der Waals surface area contributed by atoms with Crippen LogP contribution in [0.15, 0.2) is 12.2 Å². The van der Waals surface area contributed by atoms with Crippen LogP contribution in [0.4, 0.5) is 0 Å². The van der Waals surface area contributed by atoms with Crippen molar-refractivity contribution in [3.05, 3.63) is 12.2 Å². The zero-order valence-corrected chi connectivity index (χ0v) is 11.0. The summed E-state index contributed by atoms with van der Waals surface area (Å²) in [7, 11) is 0. The summed E-state index contributed by atoms with van der Waals surface area (Å²) in [6.07, 6.45) is 11.2. The van der Waals surface area contributed by atoms with E-state index in [0.717, 1.165) is 25.7 Å². The van der Waals surface area contributed by atoms with Crippen molar-refractivity contribution in [2.45, 2.75) is 71.8 Å². The lowest BCUT2D eigenvalue weighted by Gasteiger charge is -2.12. The summed E-state index contributed by atoms with van der Waals surface area (Å²) in [6.45, 7) is 6.16. The second kappa shape index (κ2) is 10.7. The van der Waals surface area contributed by atoms with Crippen LogP contribution < -0.4 is 0 Å². The zero-order chi connectivity index (χ0) is 12.2. The number of carbonyl (C=O) groups excluding carboxylic acids is 1. The Balaban J connectivity index is 3.46. The van der Waals surface area contributed by atoms with Crippen molar-refractivity contribution in [2.24, 2.45) is 0 Å². The Morgan fingerprint density at radius 1 is 1.31 bits per heavy atom. The average molecular weight is 226 g/mol. The molecular weight excluding hydrogens is 200 g/mol. The maximum absolute atomic E-state index is 11.4. The Hall–Kier alpha value is -0.790. The number of hydrogen-bond acceptors (Lipinski definition) is 2. The van der Waals surface area contributed by atoms with Crippen LogP contribution in [-0.2, 0) is 9.53 Å². The third kappa shape index (κ3) is 9.75. The molecular formula is C14H26O2. The molecule has 0 spiro atoms. The molecule has 0 aliphatic carbocycles. The van der Waals surface area contributed by atoms with Gasteiger partial charge >= 0.3 is 5.97 Å². The van der Waals surface area contributed by atoms with Gasteiger partial charge in [-0.1, -0.05) is 31.9 Å². The second-order valence-electron chi connectivity index (χ2n) is 4.26. The first-order valence-electron chi connectivity index (χ1n) is 6.51. The summed E-state index contributed by atoms with van der Waals surface area (Å²) < 4.78 is 5.31. The first kappa shape index (κ1) is 15.2. The largest absolute Gasteiger partial charge is 0.463 e. The van der Waals surface area contributed by atoms with E-state index in [9.17, 15) is 4.79 Å². The fourth-order valence-electron chi connectivity index (χ4n) is 1.55. The Bertz CT molecular complexity index is 197. The van der Waals surface area contributed by atoms with Gasteiger partial charge < -0.3 is 4.74 Å².